The Morgan fingerprint density at radius 2 is 1.93 bits per heavy atom. The van der Waals surface area contributed by atoms with Gasteiger partial charge in [-0.1, -0.05) is 6.92 Å². The maximum Gasteiger partial charge on any atom is 0.0718 e. The van der Waals surface area contributed by atoms with Gasteiger partial charge in [0.05, 0.1) is 5.60 Å². The summed E-state index contributed by atoms with van der Waals surface area (Å²) in [4.78, 5) is 2.37. The van der Waals surface area contributed by atoms with Crippen LogP contribution in [0.25, 0.3) is 0 Å². The molecule has 0 aromatic carbocycles. The van der Waals surface area contributed by atoms with Crippen molar-refractivity contribution in [3.05, 3.63) is 0 Å². The molecular formula is C12H26N2O. The van der Waals surface area contributed by atoms with Crippen molar-refractivity contribution in [1.82, 2.24) is 10.2 Å². The zero-order valence-corrected chi connectivity index (χ0v) is 10.4. The van der Waals surface area contributed by atoms with E-state index >= 15 is 0 Å². The van der Waals surface area contributed by atoms with Crippen LogP contribution in [0.3, 0.4) is 0 Å². The maximum atomic E-state index is 9.79. The van der Waals surface area contributed by atoms with Crippen LogP contribution in [0.2, 0.25) is 0 Å². The van der Waals surface area contributed by atoms with Crippen molar-refractivity contribution in [2.24, 2.45) is 5.92 Å². The minimum atomic E-state index is -0.567. The molecule has 0 amide bonds. The lowest BCUT2D eigenvalue weighted by Crippen LogP contribution is -2.42. The van der Waals surface area contributed by atoms with E-state index in [1.54, 1.807) is 0 Å². The highest BCUT2D eigenvalue weighted by atomic mass is 16.3. The molecule has 0 aromatic rings. The summed E-state index contributed by atoms with van der Waals surface area (Å²) in [7, 11) is 0. The fourth-order valence-electron chi connectivity index (χ4n) is 2.28. The van der Waals surface area contributed by atoms with Crippen molar-refractivity contribution >= 4 is 0 Å². The van der Waals surface area contributed by atoms with E-state index in [-0.39, 0.29) is 0 Å². The minimum absolute atomic E-state index is 0.567. The quantitative estimate of drug-likeness (QED) is 0.719. The van der Waals surface area contributed by atoms with E-state index in [9.17, 15) is 5.11 Å². The van der Waals surface area contributed by atoms with Crippen LogP contribution in [-0.4, -0.2) is 48.3 Å². The van der Waals surface area contributed by atoms with Gasteiger partial charge in [0.25, 0.3) is 0 Å². The lowest BCUT2D eigenvalue weighted by molar-refractivity contribution is 0.0312. The Hall–Kier alpha value is -0.120. The van der Waals surface area contributed by atoms with Crippen LogP contribution in [0.15, 0.2) is 0 Å². The largest absolute Gasteiger partial charge is 0.389 e. The molecule has 3 nitrogen and oxygen atoms in total. The third-order valence-corrected chi connectivity index (χ3v) is 3.03. The van der Waals surface area contributed by atoms with Gasteiger partial charge >= 0.3 is 0 Å². The summed E-state index contributed by atoms with van der Waals surface area (Å²) < 4.78 is 0. The predicted molar refractivity (Wildman–Crippen MR) is 64.0 cm³/mol. The molecule has 3 heteroatoms. The average Bonchev–Trinajstić information content (AvgIpc) is 2.16. The van der Waals surface area contributed by atoms with Gasteiger partial charge in [0.2, 0.25) is 0 Å². The van der Waals surface area contributed by atoms with Crippen LogP contribution in [0.1, 0.15) is 33.6 Å². The van der Waals surface area contributed by atoms with E-state index < -0.39 is 5.60 Å². The third-order valence-electron chi connectivity index (χ3n) is 3.03. The zero-order chi connectivity index (χ0) is 11.3. The first kappa shape index (κ1) is 12.9. The lowest BCUT2D eigenvalue weighted by atomic mass is 9.97. The topological polar surface area (TPSA) is 35.5 Å². The van der Waals surface area contributed by atoms with Crippen LogP contribution in [0, 0.1) is 5.92 Å². The highest BCUT2D eigenvalue weighted by Gasteiger charge is 2.21. The number of aliphatic hydroxyl groups is 1. The SMILES string of the molecule is CCN(CC1CCNCC1)CC(C)(C)O. The van der Waals surface area contributed by atoms with Crippen LogP contribution in [0.5, 0.6) is 0 Å². The Bertz CT molecular complexity index is 171. The Morgan fingerprint density at radius 3 is 2.40 bits per heavy atom. The van der Waals surface area contributed by atoms with Gasteiger partial charge in [-0.3, -0.25) is 0 Å². The fraction of sp³-hybridized carbons (Fsp3) is 1.00. The number of nitrogens with zero attached hydrogens (tertiary/aromatic N) is 1. The molecule has 1 fully saturated rings. The van der Waals surface area contributed by atoms with E-state index in [0.717, 1.165) is 38.6 Å². The number of hydrogen-bond acceptors (Lipinski definition) is 3. The number of likely N-dealkylation sites (N-methyl/N-ethyl adjacent to an activating group) is 1. The van der Waals surface area contributed by atoms with Gasteiger partial charge in [-0.15, -0.1) is 0 Å². The molecular weight excluding hydrogens is 188 g/mol. The Labute approximate surface area is 93.9 Å². The predicted octanol–water partition coefficient (Wildman–Crippen LogP) is 1.08. The molecule has 1 aliphatic rings. The second-order valence-corrected chi connectivity index (χ2v) is 5.33. The van der Waals surface area contributed by atoms with Crippen molar-refractivity contribution in [2.75, 3.05) is 32.7 Å². The normalized spacial score (nSPS) is 19.8. The van der Waals surface area contributed by atoms with Crippen molar-refractivity contribution in [3.8, 4) is 0 Å². The fourth-order valence-corrected chi connectivity index (χ4v) is 2.28. The van der Waals surface area contributed by atoms with Crippen LogP contribution in [-0.2, 0) is 0 Å². The Balaban J connectivity index is 2.31. The molecule has 1 rings (SSSR count). The molecule has 1 saturated heterocycles. The zero-order valence-electron chi connectivity index (χ0n) is 10.4. The Kier molecular flexibility index (Phi) is 5.03. The van der Waals surface area contributed by atoms with Crippen LogP contribution in [0.4, 0.5) is 0 Å². The lowest BCUT2D eigenvalue weighted by Gasteiger charge is -2.32. The maximum absolute atomic E-state index is 9.79. The molecule has 0 aromatic heterocycles. The average molecular weight is 214 g/mol. The van der Waals surface area contributed by atoms with Gasteiger partial charge in [-0.25, -0.2) is 0 Å². The summed E-state index contributed by atoms with van der Waals surface area (Å²) >= 11 is 0. The number of piperidine rings is 1. The van der Waals surface area contributed by atoms with Gasteiger partial charge < -0.3 is 15.3 Å². The summed E-state index contributed by atoms with van der Waals surface area (Å²) in [6, 6.07) is 0. The van der Waals surface area contributed by atoms with Gasteiger partial charge in [-0.05, 0) is 52.2 Å². The first-order valence-corrected chi connectivity index (χ1v) is 6.16. The molecule has 0 saturated carbocycles. The van der Waals surface area contributed by atoms with E-state index in [2.05, 4.69) is 17.1 Å². The highest BCUT2D eigenvalue weighted by Crippen LogP contribution is 2.15. The van der Waals surface area contributed by atoms with Crippen molar-refractivity contribution < 1.29 is 5.11 Å². The summed E-state index contributed by atoms with van der Waals surface area (Å²) in [5, 5.41) is 13.2. The first-order chi connectivity index (χ1) is 7.01. The van der Waals surface area contributed by atoms with Gasteiger partial charge in [0, 0.05) is 13.1 Å². The summed E-state index contributed by atoms with van der Waals surface area (Å²) in [5.41, 5.74) is -0.567. The third kappa shape index (κ3) is 5.50. The molecule has 0 spiro atoms. The first-order valence-electron chi connectivity index (χ1n) is 6.16. The molecule has 0 unspecified atom stereocenters. The minimum Gasteiger partial charge on any atom is -0.389 e. The molecule has 1 heterocycles. The molecule has 2 N–H and O–H groups in total. The molecule has 0 radical (unpaired) electrons. The smallest absolute Gasteiger partial charge is 0.0718 e. The number of hydrogen-bond donors (Lipinski definition) is 2. The van der Waals surface area contributed by atoms with Crippen molar-refractivity contribution in [1.29, 1.82) is 0 Å². The number of nitrogens with one attached hydrogen (secondary N) is 1. The summed E-state index contributed by atoms with van der Waals surface area (Å²) in [5.74, 6) is 0.813. The summed E-state index contributed by atoms with van der Waals surface area (Å²) in [6.07, 6.45) is 2.56. The molecule has 15 heavy (non-hydrogen) atoms. The molecule has 90 valence electrons. The highest BCUT2D eigenvalue weighted by molar-refractivity contribution is 4.76. The monoisotopic (exact) mass is 214 g/mol. The molecule has 0 aliphatic carbocycles. The van der Waals surface area contributed by atoms with Crippen LogP contribution < -0.4 is 5.32 Å². The van der Waals surface area contributed by atoms with Gasteiger partial charge in [-0.2, -0.15) is 0 Å². The van der Waals surface area contributed by atoms with Crippen molar-refractivity contribution in [3.63, 3.8) is 0 Å². The van der Waals surface area contributed by atoms with Crippen LogP contribution >= 0.6 is 0 Å². The van der Waals surface area contributed by atoms with E-state index in [0.29, 0.717) is 0 Å². The second-order valence-electron chi connectivity index (χ2n) is 5.33. The van der Waals surface area contributed by atoms with E-state index in [1.807, 2.05) is 13.8 Å². The standard InChI is InChI=1S/C12H26N2O/c1-4-14(10-12(2,3)15)9-11-5-7-13-8-6-11/h11,13,15H,4-10H2,1-3H3. The van der Waals surface area contributed by atoms with Crippen molar-refractivity contribution in [2.45, 2.75) is 39.2 Å². The van der Waals surface area contributed by atoms with E-state index in [4.69, 9.17) is 0 Å². The van der Waals surface area contributed by atoms with E-state index in [1.165, 1.54) is 12.8 Å². The number of rotatable bonds is 5. The molecule has 1 aliphatic heterocycles. The molecule has 0 bridgehead atoms. The second kappa shape index (κ2) is 5.83. The van der Waals surface area contributed by atoms with Gasteiger partial charge in [0.1, 0.15) is 0 Å². The van der Waals surface area contributed by atoms with Gasteiger partial charge in [0.15, 0.2) is 0 Å². The summed E-state index contributed by atoms with van der Waals surface area (Å²) in [6.45, 7) is 11.2. The molecule has 0 atom stereocenters. The Morgan fingerprint density at radius 1 is 1.33 bits per heavy atom.